The van der Waals surface area contributed by atoms with Gasteiger partial charge in [0.1, 0.15) is 0 Å². The molecule has 3 aromatic rings. The number of carbonyl (C=O) groups is 3. The van der Waals surface area contributed by atoms with Gasteiger partial charge in [-0.1, -0.05) is 0 Å². The zero-order valence-corrected chi connectivity index (χ0v) is 14.2. The van der Waals surface area contributed by atoms with E-state index in [1.807, 2.05) is 0 Å². The molecule has 0 aliphatic carbocycles. The third kappa shape index (κ3) is 5.08. The lowest BCUT2D eigenvalue weighted by molar-refractivity contribution is -0.116. The Morgan fingerprint density at radius 1 is 0.741 bits per heavy atom. The molecule has 8 nitrogen and oxygen atoms in total. The molecule has 0 aliphatic heterocycles. The van der Waals surface area contributed by atoms with Crippen molar-refractivity contribution in [3.05, 3.63) is 72.6 Å². The Labute approximate surface area is 154 Å². The minimum Gasteiger partial charge on any atom is -0.459 e. The van der Waals surface area contributed by atoms with E-state index in [1.54, 1.807) is 48.5 Å². The van der Waals surface area contributed by atoms with E-state index in [0.29, 0.717) is 11.4 Å². The lowest BCUT2D eigenvalue weighted by Crippen LogP contribution is -2.27. The molecule has 27 heavy (non-hydrogen) atoms. The molecular formula is C19H17N3O5. The molecule has 2 aromatic heterocycles. The summed E-state index contributed by atoms with van der Waals surface area (Å²) in [6.45, 7) is 0.183. The highest BCUT2D eigenvalue weighted by Crippen LogP contribution is 2.15. The summed E-state index contributed by atoms with van der Waals surface area (Å²) < 4.78 is 9.98. The highest BCUT2D eigenvalue weighted by atomic mass is 16.3. The minimum absolute atomic E-state index is 0.115. The predicted octanol–water partition coefficient (Wildman–Crippen LogP) is 2.88. The number of rotatable bonds is 7. The molecule has 0 saturated heterocycles. The number of furan rings is 2. The monoisotopic (exact) mass is 367 g/mol. The van der Waals surface area contributed by atoms with Gasteiger partial charge in [-0.15, -0.1) is 0 Å². The Morgan fingerprint density at radius 2 is 1.30 bits per heavy atom. The Hall–Kier alpha value is -3.81. The van der Waals surface area contributed by atoms with Gasteiger partial charge in [0.05, 0.1) is 12.5 Å². The Bertz CT molecular complexity index is 899. The molecule has 0 atom stereocenters. The third-order valence-electron chi connectivity index (χ3n) is 3.55. The fraction of sp³-hybridized carbons (Fsp3) is 0.105. The van der Waals surface area contributed by atoms with E-state index in [2.05, 4.69) is 16.0 Å². The van der Waals surface area contributed by atoms with Crippen LogP contribution in [0.5, 0.6) is 0 Å². The molecular weight excluding hydrogens is 350 g/mol. The second-order valence-corrected chi connectivity index (χ2v) is 5.54. The van der Waals surface area contributed by atoms with E-state index < -0.39 is 0 Å². The van der Waals surface area contributed by atoms with Gasteiger partial charge in [-0.2, -0.15) is 0 Å². The van der Waals surface area contributed by atoms with Crippen molar-refractivity contribution in [2.45, 2.75) is 6.42 Å². The molecule has 0 spiro atoms. The minimum atomic E-state index is -0.371. The maximum Gasteiger partial charge on any atom is 0.291 e. The summed E-state index contributed by atoms with van der Waals surface area (Å²) in [7, 11) is 0. The first-order chi connectivity index (χ1) is 13.1. The fourth-order valence-corrected chi connectivity index (χ4v) is 2.25. The van der Waals surface area contributed by atoms with Crippen molar-refractivity contribution >= 4 is 29.1 Å². The van der Waals surface area contributed by atoms with Crippen LogP contribution in [-0.4, -0.2) is 24.3 Å². The maximum absolute atomic E-state index is 11.9. The molecule has 3 amide bonds. The van der Waals surface area contributed by atoms with Crippen molar-refractivity contribution in [3.63, 3.8) is 0 Å². The summed E-state index contributed by atoms with van der Waals surface area (Å²) in [5.41, 5.74) is 1.15. The highest BCUT2D eigenvalue weighted by Gasteiger charge is 2.10. The fourth-order valence-electron chi connectivity index (χ4n) is 2.25. The van der Waals surface area contributed by atoms with Gasteiger partial charge in [0.15, 0.2) is 11.5 Å². The zero-order chi connectivity index (χ0) is 19.1. The number of anilines is 2. The largest absolute Gasteiger partial charge is 0.459 e. The van der Waals surface area contributed by atoms with Gasteiger partial charge < -0.3 is 24.8 Å². The summed E-state index contributed by atoms with van der Waals surface area (Å²) in [5.74, 6) is -0.567. The first-order valence-electron chi connectivity index (χ1n) is 8.18. The molecule has 3 rings (SSSR count). The third-order valence-corrected chi connectivity index (χ3v) is 3.55. The Morgan fingerprint density at radius 3 is 1.85 bits per heavy atom. The molecule has 0 saturated carbocycles. The summed E-state index contributed by atoms with van der Waals surface area (Å²) in [4.78, 5) is 35.5. The Kier molecular flexibility index (Phi) is 5.68. The number of hydrogen-bond acceptors (Lipinski definition) is 5. The van der Waals surface area contributed by atoms with Crippen LogP contribution >= 0.6 is 0 Å². The van der Waals surface area contributed by atoms with Gasteiger partial charge in [0.2, 0.25) is 5.91 Å². The molecule has 0 radical (unpaired) electrons. The zero-order valence-electron chi connectivity index (χ0n) is 14.2. The van der Waals surface area contributed by atoms with Gasteiger partial charge >= 0.3 is 0 Å². The number of nitrogens with one attached hydrogen (secondary N) is 3. The van der Waals surface area contributed by atoms with Crippen molar-refractivity contribution in [1.29, 1.82) is 0 Å². The summed E-state index contributed by atoms with van der Waals surface area (Å²) >= 11 is 0. The first kappa shape index (κ1) is 18.0. The van der Waals surface area contributed by atoms with Gasteiger partial charge in [-0.25, -0.2) is 0 Å². The van der Waals surface area contributed by atoms with E-state index in [9.17, 15) is 14.4 Å². The predicted molar refractivity (Wildman–Crippen MR) is 97.4 cm³/mol. The van der Waals surface area contributed by atoms with Gasteiger partial charge in [0.25, 0.3) is 11.8 Å². The summed E-state index contributed by atoms with van der Waals surface area (Å²) in [6, 6.07) is 13.0. The van der Waals surface area contributed by atoms with Crippen LogP contribution in [0.3, 0.4) is 0 Å². The van der Waals surface area contributed by atoms with Crippen molar-refractivity contribution in [3.8, 4) is 0 Å². The van der Waals surface area contributed by atoms with Crippen LogP contribution in [0.25, 0.3) is 0 Å². The lowest BCUT2D eigenvalue weighted by Gasteiger charge is -2.08. The molecule has 0 bridgehead atoms. The molecule has 8 heteroatoms. The smallest absolute Gasteiger partial charge is 0.291 e. The van der Waals surface area contributed by atoms with E-state index >= 15 is 0 Å². The van der Waals surface area contributed by atoms with Crippen molar-refractivity contribution in [2.24, 2.45) is 0 Å². The van der Waals surface area contributed by atoms with Crippen LogP contribution in [0.2, 0.25) is 0 Å². The van der Waals surface area contributed by atoms with Gasteiger partial charge in [0, 0.05) is 24.3 Å². The number of hydrogen-bond donors (Lipinski definition) is 3. The summed E-state index contributed by atoms with van der Waals surface area (Å²) in [6.07, 6.45) is 2.94. The molecule has 2 heterocycles. The van der Waals surface area contributed by atoms with E-state index in [0.717, 1.165) is 0 Å². The summed E-state index contributed by atoms with van der Waals surface area (Å²) in [5, 5.41) is 7.99. The molecule has 138 valence electrons. The highest BCUT2D eigenvalue weighted by molar-refractivity contribution is 6.02. The molecule has 1 aromatic carbocycles. The average Bonchev–Trinajstić information content (AvgIpc) is 3.37. The maximum atomic E-state index is 11.9. The van der Waals surface area contributed by atoms with E-state index in [-0.39, 0.29) is 42.2 Å². The molecule has 3 N–H and O–H groups in total. The average molecular weight is 367 g/mol. The van der Waals surface area contributed by atoms with Crippen LogP contribution in [0.4, 0.5) is 11.4 Å². The van der Waals surface area contributed by atoms with Crippen LogP contribution < -0.4 is 16.0 Å². The van der Waals surface area contributed by atoms with Gasteiger partial charge in [-0.05, 0) is 48.5 Å². The number of benzene rings is 1. The second kappa shape index (κ2) is 8.52. The number of carbonyl (C=O) groups excluding carboxylic acids is 3. The SMILES string of the molecule is O=C(CCNC(=O)c1ccco1)Nc1ccc(NC(=O)c2ccco2)cc1. The van der Waals surface area contributed by atoms with E-state index in [4.69, 9.17) is 8.83 Å². The lowest BCUT2D eigenvalue weighted by atomic mass is 10.2. The van der Waals surface area contributed by atoms with Crippen molar-refractivity contribution < 1.29 is 23.2 Å². The van der Waals surface area contributed by atoms with Crippen LogP contribution in [0.15, 0.2) is 69.9 Å². The Balaban J connectivity index is 1.43. The topological polar surface area (TPSA) is 114 Å². The van der Waals surface area contributed by atoms with Crippen molar-refractivity contribution in [1.82, 2.24) is 5.32 Å². The quantitative estimate of drug-likeness (QED) is 0.594. The number of amides is 3. The van der Waals surface area contributed by atoms with Crippen LogP contribution in [-0.2, 0) is 4.79 Å². The molecule has 0 fully saturated rings. The second-order valence-electron chi connectivity index (χ2n) is 5.54. The molecule has 0 aliphatic rings. The van der Waals surface area contributed by atoms with Crippen LogP contribution in [0, 0.1) is 0 Å². The van der Waals surface area contributed by atoms with Crippen molar-refractivity contribution in [2.75, 3.05) is 17.2 Å². The normalized spacial score (nSPS) is 10.2. The first-order valence-corrected chi connectivity index (χ1v) is 8.18. The van der Waals surface area contributed by atoms with Gasteiger partial charge in [-0.3, -0.25) is 14.4 Å². The van der Waals surface area contributed by atoms with E-state index in [1.165, 1.54) is 12.5 Å². The standard InChI is InChI=1S/C19H17N3O5/c23-17(9-10-20-18(24)15-3-1-11-26-15)21-13-5-7-14(8-6-13)22-19(25)16-4-2-12-27-16/h1-8,11-12H,9-10H2,(H,20,24)(H,21,23)(H,22,25). The van der Waals surface area contributed by atoms with Crippen LogP contribution in [0.1, 0.15) is 27.5 Å². The molecule has 0 unspecified atom stereocenters.